The van der Waals surface area contributed by atoms with Crippen molar-refractivity contribution in [3.63, 3.8) is 0 Å². The number of thiazole rings is 1. The number of urea groups is 1. The highest BCUT2D eigenvalue weighted by molar-refractivity contribution is 7.07. The van der Waals surface area contributed by atoms with Crippen molar-refractivity contribution in [3.8, 4) is 0 Å². The summed E-state index contributed by atoms with van der Waals surface area (Å²) in [4.78, 5) is 50.1. The number of anilines is 1. The molecular formula is C23H28N6O3S. The summed E-state index contributed by atoms with van der Waals surface area (Å²) in [5.41, 5.74) is 4.96. The minimum atomic E-state index is -0.422. The Morgan fingerprint density at radius 1 is 1.09 bits per heavy atom. The van der Waals surface area contributed by atoms with Crippen molar-refractivity contribution in [2.45, 2.75) is 46.4 Å². The number of nitrogens with one attached hydrogen (secondary N) is 1. The molecule has 0 saturated carbocycles. The molecular weight excluding hydrogens is 440 g/mol. The first-order valence-electron chi connectivity index (χ1n) is 11.5. The first kappa shape index (κ1) is 21.7. The highest BCUT2D eigenvalue weighted by Crippen LogP contribution is 2.35. The van der Waals surface area contributed by atoms with Crippen molar-refractivity contribution in [3.05, 3.63) is 49.5 Å². The summed E-state index contributed by atoms with van der Waals surface area (Å²) in [7, 11) is 0. The second kappa shape index (κ2) is 8.02. The molecule has 4 heterocycles. The van der Waals surface area contributed by atoms with Crippen molar-refractivity contribution >= 4 is 34.5 Å². The molecule has 1 fully saturated rings. The van der Waals surface area contributed by atoms with Crippen LogP contribution in [0.5, 0.6) is 0 Å². The lowest BCUT2D eigenvalue weighted by molar-refractivity contribution is -0.113. The van der Waals surface area contributed by atoms with Crippen LogP contribution in [0, 0.1) is 5.92 Å². The molecule has 10 heteroatoms. The van der Waals surface area contributed by atoms with Crippen LogP contribution in [-0.2, 0) is 4.79 Å². The van der Waals surface area contributed by atoms with Crippen molar-refractivity contribution < 1.29 is 9.59 Å². The number of hydrogen-bond donors (Lipinski definition) is 1. The van der Waals surface area contributed by atoms with Crippen LogP contribution < -0.4 is 25.2 Å². The molecule has 33 heavy (non-hydrogen) atoms. The van der Waals surface area contributed by atoms with Crippen LogP contribution in [0.2, 0.25) is 0 Å². The maximum atomic E-state index is 13.5. The van der Waals surface area contributed by atoms with E-state index in [0.29, 0.717) is 40.5 Å². The molecule has 9 nitrogen and oxygen atoms in total. The first-order chi connectivity index (χ1) is 15.9. The molecule has 0 spiro atoms. The minimum Gasteiger partial charge on any atom is -0.308 e. The highest BCUT2D eigenvalue weighted by Gasteiger charge is 2.47. The van der Waals surface area contributed by atoms with E-state index in [-0.39, 0.29) is 17.5 Å². The van der Waals surface area contributed by atoms with E-state index in [4.69, 9.17) is 4.99 Å². The van der Waals surface area contributed by atoms with E-state index in [2.05, 4.69) is 19.3 Å². The molecule has 2 atom stereocenters. The zero-order valence-corrected chi connectivity index (χ0v) is 20.1. The van der Waals surface area contributed by atoms with Gasteiger partial charge in [0.1, 0.15) is 4.53 Å². The van der Waals surface area contributed by atoms with E-state index in [9.17, 15) is 14.4 Å². The van der Waals surface area contributed by atoms with Gasteiger partial charge in [0.05, 0.1) is 11.3 Å². The molecule has 1 aromatic heterocycles. The largest absolute Gasteiger partial charge is 0.323 e. The van der Waals surface area contributed by atoms with E-state index in [0.717, 1.165) is 17.7 Å². The third kappa shape index (κ3) is 3.18. The molecule has 1 aromatic carbocycles. The Labute approximate surface area is 195 Å². The van der Waals surface area contributed by atoms with Crippen LogP contribution in [0.3, 0.4) is 0 Å². The van der Waals surface area contributed by atoms with Gasteiger partial charge in [0.15, 0.2) is 12.3 Å². The standard InChI is InChI=1S/C23H28N6O3S/c1-5-26-18-19(27(6-2)23(26)32)25-29-21(31)17(33-22(29)24-18)16-14-9-7-8-10-15(14)28(20(16)30)12-11-13(3)4/h7-10,13,18-19,25H,5-6,11-12H2,1-4H3/b17-16-. The second-order valence-electron chi connectivity index (χ2n) is 8.86. The Morgan fingerprint density at radius 3 is 2.52 bits per heavy atom. The van der Waals surface area contributed by atoms with E-state index < -0.39 is 12.3 Å². The maximum Gasteiger partial charge on any atom is 0.323 e. The molecule has 1 N–H and O–H groups in total. The summed E-state index contributed by atoms with van der Waals surface area (Å²) < 4.78 is 1.78. The minimum absolute atomic E-state index is 0.0928. The van der Waals surface area contributed by atoms with Gasteiger partial charge in [-0.1, -0.05) is 43.4 Å². The van der Waals surface area contributed by atoms with Gasteiger partial charge >= 0.3 is 6.03 Å². The van der Waals surface area contributed by atoms with Gasteiger partial charge in [0.25, 0.3) is 11.5 Å². The summed E-state index contributed by atoms with van der Waals surface area (Å²) in [6.45, 7) is 9.72. The van der Waals surface area contributed by atoms with Gasteiger partial charge in [-0.3, -0.25) is 24.8 Å². The highest BCUT2D eigenvalue weighted by atomic mass is 32.1. The fraction of sp³-hybridized carbons (Fsp3) is 0.478. The van der Waals surface area contributed by atoms with Gasteiger partial charge in [0.2, 0.25) is 4.80 Å². The average Bonchev–Trinajstić information content (AvgIpc) is 3.36. The van der Waals surface area contributed by atoms with Crippen molar-refractivity contribution in [1.29, 1.82) is 0 Å². The van der Waals surface area contributed by atoms with Gasteiger partial charge in [-0.2, -0.15) is 4.68 Å². The van der Waals surface area contributed by atoms with Gasteiger partial charge in [-0.25, -0.2) is 9.79 Å². The molecule has 1 saturated heterocycles. The van der Waals surface area contributed by atoms with Crippen molar-refractivity contribution in [2.75, 3.05) is 30.0 Å². The van der Waals surface area contributed by atoms with Gasteiger partial charge in [-0.05, 0) is 32.3 Å². The third-order valence-corrected chi connectivity index (χ3v) is 7.53. The molecule has 174 valence electrons. The number of para-hydroxylation sites is 1. The van der Waals surface area contributed by atoms with E-state index in [1.807, 2.05) is 38.1 Å². The fourth-order valence-electron chi connectivity index (χ4n) is 4.74. The lowest BCUT2D eigenvalue weighted by Gasteiger charge is -2.28. The van der Waals surface area contributed by atoms with Crippen LogP contribution in [0.4, 0.5) is 10.5 Å². The Bertz CT molecular complexity index is 1310. The first-order valence-corrected chi connectivity index (χ1v) is 12.3. The molecule has 0 bridgehead atoms. The second-order valence-corrected chi connectivity index (χ2v) is 9.83. The van der Waals surface area contributed by atoms with Gasteiger partial charge in [-0.15, -0.1) is 0 Å². The fourth-order valence-corrected chi connectivity index (χ4v) is 5.79. The zero-order valence-electron chi connectivity index (χ0n) is 19.2. The number of rotatable bonds is 5. The van der Waals surface area contributed by atoms with Gasteiger partial charge < -0.3 is 4.90 Å². The number of fused-ring (bicyclic) bond motifs is 3. The summed E-state index contributed by atoms with van der Waals surface area (Å²) in [5, 5.41) is 0. The molecule has 2 unspecified atom stereocenters. The third-order valence-electron chi connectivity index (χ3n) is 6.48. The Kier molecular flexibility index (Phi) is 5.27. The monoisotopic (exact) mass is 468 g/mol. The average molecular weight is 469 g/mol. The maximum absolute atomic E-state index is 13.5. The number of aromatic nitrogens is 1. The lowest BCUT2D eigenvalue weighted by Crippen LogP contribution is -2.55. The molecule has 2 aromatic rings. The number of carbonyl (C=O) groups is 2. The summed E-state index contributed by atoms with van der Waals surface area (Å²) >= 11 is 1.20. The van der Waals surface area contributed by atoms with Crippen molar-refractivity contribution in [2.24, 2.45) is 10.9 Å². The smallest absolute Gasteiger partial charge is 0.308 e. The van der Waals surface area contributed by atoms with Crippen molar-refractivity contribution in [1.82, 2.24) is 14.5 Å². The number of amides is 3. The van der Waals surface area contributed by atoms with Crippen LogP contribution in [0.1, 0.15) is 39.7 Å². The van der Waals surface area contributed by atoms with E-state index in [1.54, 1.807) is 14.7 Å². The summed E-state index contributed by atoms with van der Waals surface area (Å²) in [6.07, 6.45) is 0.0445. The Morgan fingerprint density at radius 2 is 1.82 bits per heavy atom. The van der Waals surface area contributed by atoms with Crippen LogP contribution in [0.25, 0.3) is 5.57 Å². The molecule has 3 amide bonds. The van der Waals surface area contributed by atoms with E-state index in [1.165, 1.54) is 16.0 Å². The summed E-state index contributed by atoms with van der Waals surface area (Å²) in [5.74, 6) is 0.315. The SMILES string of the molecule is CCN1C(=O)N(CC)C2Nn3c(s/c(=C4\C(=O)N(CCC(C)C)c5ccccc54)c3=O)=NC21. The van der Waals surface area contributed by atoms with E-state index >= 15 is 0 Å². The van der Waals surface area contributed by atoms with Crippen LogP contribution in [0.15, 0.2) is 34.1 Å². The Hall–Kier alpha value is -3.14. The molecule has 3 aliphatic rings. The number of benzene rings is 1. The molecule has 5 rings (SSSR count). The normalized spacial score (nSPS) is 23.0. The number of likely N-dealkylation sites (N-methyl/N-ethyl adjacent to an activating group) is 2. The zero-order chi connectivity index (χ0) is 23.4. The number of nitrogens with zero attached hydrogens (tertiary/aromatic N) is 5. The summed E-state index contributed by atoms with van der Waals surface area (Å²) in [6, 6.07) is 7.54. The molecule has 3 aliphatic heterocycles. The predicted octanol–water partition coefficient (Wildman–Crippen LogP) is 1.11. The number of carbonyl (C=O) groups excluding carboxylic acids is 2. The topological polar surface area (TPSA) is 90.3 Å². The quantitative estimate of drug-likeness (QED) is 0.712. The van der Waals surface area contributed by atoms with Crippen LogP contribution >= 0.6 is 11.3 Å². The predicted molar refractivity (Wildman–Crippen MR) is 127 cm³/mol. The Balaban J connectivity index is 1.66. The van der Waals surface area contributed by atoms with Gasteiger partial charge in [0, 0.05) is 25.2 Å². The number of hydrogen-bond acceptors (Lipinski definition) is 6. The molecule has 0 aliphatic carbocycles. The lowest BCUT2D eigenvalue weighted by atomic mass is 10.1. The molecule has 0 radical (unpaired) electrons. The van der Waals surface area contributed by atoms with Crippen LogP contribution in [-0.4, -0.2) is 58.4 Å².